The molecule has 1 heterocycles. The van der Waals surface area contributed by atoms with E-state index in [1.54, 1.807) is 6.92 Å². The van der Waals surface area contributed by atoms with Crippen LogP contribution in [0.2, 0.25) is 0 Å². The maximum Gasteiger partial charge on any atom is 0.323 e. The van der Waals surface area contributed by atoms with Gasteiger partial charge in [-0.25, -0.2) is 0 Å². The van der Waals surface area contributed by atoms with Gasteiger partial charge >= 0.3 is 5.97 Å². The van der Waals surface area contributed by atoms with E-state index in [2.05, 4.69) is 23.8 Å². The summed E-state index contributed by atoms with van der Waals surface area (Å²) in [6, 6.07) is 0.682. The topological polar surface area (TPSA) is 69.8 Å². The first-order chi connectivity index (χ1) is 9.36. The highest BCUT2D eigenvalue weighted by Crippen LogP contribution is 2.17. The molecule has 1 saturated heterocycles. The zero-order valence-electron chi connectivity index (χ0n) is 13.3. The van der Waals surface area contributed by atoms with Crippen LogP contribution in [-0.2, 0) is 4.79 Å². The summed E-state index contributed by atoms with van der Waals surface area (Å²) in [6.45, 7) is 8.40. The first-order valence-corrected chi connectivity index (χ1v) is 7.81. The molecule has 0 aromatic rings. The van der Waals surface area contributed by atoms with Crippen LogP contribution in [0.25, 0.3) is 0 Å². The number of hydrogen-bond donors (Lipinski definition) is 2. The summed E-state index contributed by atoms with van der Waals surface area (Å²) in [4.78, 5) is 15.8. The minimum absolute atomic E-state index is 0.546. The second kappa shape index (κ2) is 7.96. The molecule has 0 spiro atoms. The van der Waals surface area contributed by atoms with Crippen molar-refractivity contribution in [3.8, 4) is 0 Å². The smallest absolute Gasteiger partial charge is 0.323 e. The molecule has 5 heteroatoms. The Labute approximate surface area is 123 Å². The Morgan fingerprint density at radius 3 is 2.50 bits per heavy atom. The van der Waals surface area contributed by atoms with Crippen LogP contribution >= 0.6 is 0 Å². The Balaban J connectivity index is 2.18. The number of carbonyl (C=O) groups is 1. The summed E-state index contributed by atoms with van der Waals surface area (Å²) in [6.07, 6.45) is 4.93. The fourth-order valence-corrected chi connectivity index (χ4v) is 2.82. The monoisotopic (exact) mass is 285 g/mol. The summed E-state index contributed by atoms with van der Waals surface area (Å²) in [5.74, 6) is -0.905. The van der Waals surface area contributed by atoms with Gasteiger partial charge in [-0.3, -0.25) is 4.79 Å². The van der Waals surface area contributed by atoms with Gasteiger partial charge in [-0.1, -0.05) is 6.92 Å². The van der Waals surface area contributed by atoms with Crippen molar-refractivity contribution in [2.24, 2.45) is 5.73 Å². The number of unbranched alkanes of at least 4 members (excludes halogenated alkanes) is 1. The zero-order valence-corrected chi connectivity index (χ0v) is 13.3. The number of rotatable bonds is 8. The number of nitrogens with two attached hydrogens (primary N) is 1. The SMILES string of the molecule is CCN1CCC(N(C)CCCCC(C)(N)C(=O)O)CC1. The van der Waals surface area contributed by atoms with Crippen molar-refractivity contribution < 1.29 is 9.90 Å². The van der Waals surface area contributed by atoms with Crippen LogP contribution in [-0.4, -0.2) is 65.7 Å². The number of nitrogens with zero attached hydrogens (tertiary/aromatic N) is 2. The van der Waals surface area contributed by atoms with Crippen LogP contribution in [0.15, 0.2) is 0 Å². The molecule has 0 radical (unpaired) electrons. The molecule has 1 atom stereocenters. The van der Waals surface area contributed by atoms with Crippen molar-refractivity contribution >= 4 is 5.97 Å². The first kappa shape index (κ1) is 17.4. The largest absolute Gasteiger partial charge is 0.480 e. The minimum atomic E-state index is -1.08. The van der Waals surface area contributed by atoms with Crippen molar-refractivity contribution in [2.45, 2.75) is 57.5 Å². The van der Waals surface area contributed by atoms with E-state index in [1.807, 2.05) is 0 Å². The quantitative estimate of drug-likeness (QED) is 0.659. The van der Waals surface area contributed by atoms with Gasteiger partial charge in [0.25, 0.3) is 0 Å². The fourth-order valence-electron chi connectivity index (χ4n) is 2.82. The van der Waals surface area contributed by atoms with Crippen LogP contribution in [0.3, 0.4) is 0 Å². The van der Waals surface area contributed by atoms with E-state index in [0.717, 1.165) is 25.9 Å². The third-order valence-corrected chi connectivity index (χ3v) is 4.57. The highest BCUT2D eigenvalue weighted by atomic mass is 16.4. The zero-order chi connectivity index (χ0) is 15.2. The Kier molecular flexibility index (Phi) is 6.92. The Bertz CT molecular complexity index is 299. The summed E-state index contributed by atoms with van der Waals surface area (Å²) >= 11 is 0. The van der Waals surface area contributed by atoms with E-state index in [9.17, 15) is 4.79 Å². The summed E-state index contributed by atoms with van der Waals surface area (Å²) in [7, 11) is 2.19. The van der Waals surface area contributed by atoms with Crippen LogP contribution in [0.1, 0.15) is 46.0 Å². The third kappa shape index (κ3) is 5.38. The normalized spacial score (nSPS) is 21.1. The summed E-state index contributed by atoms with van der Waals surface area (Å²) in [5, 5.41) is 8.96. The highest BCUT2D eigenvalue weighted by Gasteiger charge is 2.27. The lowest BCUT2D eigenvalue weighted by atomic mass is 9.96. The fraction of sp³-hybridized carbons (Fsp3) is 0.933. The van der Waals surface area contributed by atoms with Gasteiger partial charge in [-0.05, 0) is 72.3 Å². The standard InChI is InChI=1S/C15H31N3O2/c1-4-18-11-7-13(8-12-18)17(3)10-6-5-9-15(2,16)14(19)20/h13H,4-12,16H2,1-3H3,(H,19,20). The molecule has 0 aliphatic carbocycles. The van der Waals surface area contributed by atoms with Crippen LogP contribution in [0.4, 0.5) is 0 Å². The van der Waals surface area contributed by atoms with Gasteiger partial charge in [0.05, 0.1) is 0 Å². The third-order valence-electron chi connectivity index (χ3n) is 4.57. The molecular formula is C15H31N3O2. The molecule has 1 aliphatic rings. The molecule has 20 heavy (non-hydrogen) atoms. The Hall–Kier alpha value is -0.650. The van der Waals surface area contributed by atoms with Crippen molar-refractivity contribution in [3.63, 3.8) is 0 Å². The number of carboxylic acid groups (broad SMARTS) is 1. The molecule has 1 unspecified atom stereocenters. The average Bonchev–Trinajstić information content (AvgIpc) is 2.43. The van der Waals surface area contributed by atoms with E-state index >= 15 is 0 Å². The van der Waals surface area contributed by atoms with Crippen LogP contribution in [0.5, 0.6) is 0 Å². The minimum Gasteiger partial charge on any atom is -0.480 e. The van der Waals surface area contributed by atoms with E-state index in [1.165, 1.54) is 25.9 Å². The summed E-state index contributed by atoms with van der Waals surface area (Å²) < 4.78 is 0. The van der Waals surface area contributed by atoms with Gasteiger partial charge in [-0.15, -0.1) is 0 Å². The van der Waals surface area contributed by atoms with Gasteiger partial charge in [0, 0.05) is 6.04 Å². The molecule has 5 nitrogen and oxygen atoms in total. The molecule has 118 valence electrons. The van der Waals surface area contributed by atoms with Gasteiger partial charge in [0.1, 0.15) is 5.54 Å². The van der Waals surface area contributed by atoms with Gasteiger partial charge in [0.15, 0.2) is 0 Å². The second-order valence-corrected chi connectivity index (χ2v) is 6.33. The molecule has 1 rings (SSSR count). The number of likely N-dealkylation sites (tertiary alicyclic amines) is 1. The van der Waals surface area contributed by atoms with Crippen molar-refractivity contribution in [3.05, 3.63) is 0 Å². The molecule has 0 bridgehead atoms. The lowest BCUT2D eigenvalue weighted by Gasteiger charge is -2.36. The molecule has 3 N–H and O–H groups in total. The van der Waals surface area contributed by atoms with E-state index in [0.29, 0.717) is 12.5 Å². The maximum atomic E-state index is 10.9. The number of aliphatic carboxylic acids is 1. The number of hydrogen-bond acceptors (Lipinski definition) is 4. The predicted octanol–water partition coefficient (Wildman–Crippen LogP) is 1.37. The average molecular weight is 285 g/mol. The van der Waals surface area contributed by atoms with Gasteiger partial charge in [-0.2, -0.15) is 0 Å². The molecule has 1 fully saturated rings. The molecule has 0 aromatic carbocycles. The van der Waals surface area contributed by atoms with Crippen LogP contribution < -0.4 is 5.73 Å². The Morgan fingerprint density at radius 2 is 2.00 bits per heavy atom. The lowest BCUT2D eigenvalue weighted by Crippen LogP contribution is -2.45. The lowest BCUT2D eigenvalue weighted by molar-refractivity contribution is -0.142. The molecule has 1 aliphatic heterocycles. The van der Waals surface area contributed by atoms with Gasteiger partial charge < -0.3 is 20.6 Å². The molecular weight excluding hydrogens is 254 g/mol. The van der Waals surface area contributed by atoms with E-state index in [4.69, 9.17) is 10.8 Å². The number of carboxylic acids is 1. The van der Waals surface area contributed by atoms with E-state index < -0.39 is 11.5 Å². The van der Waals surface area contributed by atoms with Crippen LogP contribution in [0, 0.1) is 0 Å². The van der Waals surface area contributed by atoms with Crippen molar-refractivity contribution in [1.29, 1.82) is 0 Å². The second-order valence-electron chi connectivity index (χ2n) is 6.33. The van der Waals surface area contributed by atoms with Crippen molar-refractivity contribution in [1.82, 2.24) is 9.80 Å². The van der Waals surface area contributed by atoms with Crippen molar-refractivity contribution in [2.75, 3.05) is 33.2 Å². The molecule has 0 aromatic heterocycles. The maximum absolute atomic E-state index is 10.9. The van der Waals surface area contributed by atoms with E-state index in [-0.39, 0.29) is 0 Å². The number of piperidine rings is 1. The molecule has 0 amide bonds. The Morgan fingerprint density at radius 1 is 1.40 bits per heavy atom. The first-order valence-electron chi connectivity index (χ1n) is 7.81. The molecule has 0 saturated carbocycles. The van der Waals surface area contributed by atoms with Gasteiger partial charge in [0.2, 0.25) is 0 Å². The summed E-state index contributed by atoms with van der Waals surface area (Å²) in [5.41, 5.74) is 4.65. The predicted molar refractivity (Wildman–Crippen MR) is 81.8 cm³/mol. The highest BCUT2D eigenvalue weighted by molar-refractivity contribution is 5.77.